The molecule has 0 aliphatic heterocycles. The molecule has 0 bridgehead atoms. The summed E-state index contributed by atoms with van der Waals surface area (Å²) in [6.45, 7) is 9.04. The van der Waals surface area contributed by atoms with E-state index in [1.165, 1.54) is 0 Å². The van der Waals surface area contributed by atoms with Gasteiger partial charge in [0.25, 0.3) is 0 Å². The molecule has 1 atom stereocenters. The number of carbonyl (C=O) groups is 2. The lowest BCUT2D eigenvalue weighted by Gasteiger charge is -2.15. The van der Waals surface area contributed by atoms with Crippen molar-refractivity contribution in [2.45, 2.75) is 65.9 Å². The van der Waals surface area contributed by atoms with Gasteiger partial charge >= 0.3 is 12.1 Å². The minimum absolute atomic E-state index is 0.295. The van der Waals surface area contributed by atoms with Gasteiger partial charge in [0.1, 0.15) is 0 Å². The highest BCUT2D eigenvalue weighted by molar-refractivity contribution is 5.83. The van der Waals surface area contributed by atoms with Gasteiger partial charge in [0, 0.05) is 0 Å². The van der Waals surface area contributed by atoms with E-state index in [0.717, 1.165) is 12.8 Å². The maximum absolute atomic E-state index is 11.6. The van der Waals surface area contributed by atoms with E-state index in [9.17, 15) is 9.59 Å². The molecule has 6 heteroatoms. The van der Waals surface area contributed by atoms with E-state index in [1.54, 1.807) is 20.8 Å². The molecule has 0 aromatic carbocycles. The molecular weight excluding hydrogens is 252 g/mol. The van der Waals surface area contributed by atoms with Gasteiger partial charge in [-0.3, -0.25) is 4.79 Å². The van der Waals surface area contributed by atoms with Gasteiger partial charge in [-0.05, 0) is 38.7 Å². The number of rotatable bonds is 7. The molecule has 0 amide bonds. The minimum atomic E-state index is -1.22. The zero-order chi connectivity index (χ0) is 14.9. The molecule has 0 aromatic rings. The molecule has 0 spiro atoms. The molecule has 0 saturated carbocycles. The molecular formula is C13H24O6. The van der Waals surface area contributed by atoms with Crippen LogP contribution in [-0.2, 0) is 24.3 Å². The summed E-state index contributed by atoms with van der Waals surface area (Å²) in [5.41, 5.74) is -0.628. The summed E-state index contributed by atoms with van der Waals surface area (Å²) in [5, 5.41) is 4.23. The van der Waals surface area contributed by atoms with Gasteiger partial charge in [0.2, 0.25) is 0 Å². The molecule has 0 aliphatic rings. The monoisotopic (exact) mass is 276 g/mol. The van der Waals surface area contributed by atoms with Crippen LogP contribution in [0.5, 0.6) is 0 Å². The van der Waals surface area contributed by atoms with Crippen LogP contribution in [0, 0.1) is 5.92 Å². The van der Waals surface area contributed by atoms with Crippen molar-refractivity contribution >= 4 is 12.1 Å². The highest BCUT2D eigenvalue weighted by Gasteiger charge is 2.23. The average molecular weight is 276 g/mol. The second-order valence-electron chi connectivity index (χ2n) is 5.27. The average Bonchev–Trinajstić information content (AvgIpc) is 2.28. The van der Waals surface area contributed by atoms with Crippen LogP contribution < -0.4 is 0 Å². The molecule has 0 radical (unpaired) electrons. The number of esters is 1. The van der Waals surface area contributed by atoms with Crippen LogP contribution in [0.4, 0.5) is 4.79 Å². The van der Waals surface area contributed by atoms with Crippen molar-refractivity contribution in [1.29, 1.82) is 0 Å². The molecule has 0 fully saturated rings. The number of ether oxygens (including phenoxy) is 1. The Hall–Kier alpha value is -1.14. The van der Waals surface area contributed by atoms with Crippen LogP contribution in [0.3, 0.4) is 0 Å². The topological polar surface area (TPSA) is 71.1 Å². The Kier molecular flexibility index (Phi) is 8.34. The quantitative estimate of drug-likeness (QED) is 0.306. The fourth-order valence-electron chi connectivity index (χ4n) is 1.27. The SMILES string of the molecule is CCCCC(CC)C(=O)OC(=O)OOOC(C)(C)C. The molecule has 0 saturated heterocycles. The fraction of sp³-hybridized carbons (Fsp3) is 0.846. The summed E-state index contributed by atoms with van der Waals surface area (Å²) in [7, 11) is 0. The van der Waals surface area contributed by atoms with E-state index in [1.807, 2.05) is 13.8 Å². The van der Waals surface area contributed by atoms with Crippen LogP contribution in [0.25, 0.3) is 0 Å². The van der Waals surface area contributed by atoms with Crippen LogP contribution >= 0.6 is 0 Å². The van der Waals surface area contributed by atoms with Crippen molar-refractivity contribution in [2.75, 3.05) is 0 Å². The zero-order valence-corrected chi connectivity index (χ0v) is 12.4. The smallest absolute Gasteiger partial charge is 0.358 e. The molecule has 19 heavy (non-hydrogen) atoms. The van der Waals surface area contributed by atoms with E-state index in [0.29, 0.717) is 12.8 Å². The van der Waals surface area contributed by atoms with Crippen LogP contribution in [0.1, 0.15) is 60.3 Å². The van der Waals surface area contributed by atoms with Crippen LogP contribution in [0.15, 0.2) is 0 Å². The zero-order valence-electron chi connectivity index (χ0n) is 12.4. The van der Waals surface area contributed by atoms with E-state index in [4.69, 9.17) is 4.89 Å². The lowest BCUT2D eigenvalue weighted by molar-refractivity contribution is -0.513. The van der Waals surface area contributed by atoms with Crippen molar-refractivity contribution in [3.05, 3.63) is 0 Å². The third kappa shape index (κ3) is 9.44. The van der Waals surface area contributed by atoms with Gasteiger partial charge in [-0.2, -0.15) is 4.89 Å². The largest absolute Gasteiger partial charge is 0.550 e. The predicted molar refractivity (Wildman–Crippen MR) is 67.8 cm³/mol. The van der Waals surface area contributed by atoms with Gasteiger partial charge in [-0.1, -0.05) is 26.7 Å². The Morgan fingerprint density at radius 1 is 1.16 bits per heavy atom. The van der Waals surface area contributed by atoms with Crippen molar-refractivity contribution in [2.24, 2.45) is 5.92 Å². The van der Waals surface area contributed by atoms with Gasteiger partial charge in [0.05, 0.1) is 11.5 Å². The fourth-order valence-corrected chi connectivity index (χ4v) is 1.27. The van der Waals surface area contributed by atoms with E-state index in [-0.39, 0.29) is 5.92 Å². The second kappa shape index (κ2) is 8.87. The Bertz CT molecular complexity index is 281. The molecule has 0 aliphatic carbocycles. The van der Waals surface area contributed by atoms with E-state index in [2.05, 4.69) is 14.7 Å². The van der Waals surface area contributed by atoms with Crippen molar-refractivity contribution < 1.29 is 29.1 Å². The molecule has 112 valence electrons. The number of hydrogen-bond acceptors (Lipinski definition) is 6. The van der Waals surface area contributed by atoms with Crippen LogP contribution in [-0.4, -0.2) is 17.7 Å². The van der Waals surface area contributed by atoms with Gasteiger partial charge in [0.15, 0.2) is 0 Å². The number of unbranched alkanes of at least 4 members (excludes halogenated alkanes) is 1. The lowest BCUT2D eigenvalue weighted by Crippen LogP contribution is -2.24. The Labute approximate surface area is 114 Å². The number of hydrogen-bond donors (Lipinski definition) is 0. The van der Waals surface area contributed by atoms with Gasteiger partial charge in [-0.15, -0.1) is 0 Å². The summed E-state index contributed by atoms with van der Waals surface area (Å²) >= 11 is 0. The minimum Gasteiger partial charge on any atom is -0.358 e. The van der Waals surface area contributed by atoms with Crippen molar-refractivity contribution in [3.8, 4) is 0 Å². The molecule has 0 heterocycles. The maximum atomic E-state index is 11.6. The lowest BCUT2D eigenvalue weighted by atomic mass is 10.00. The van der Waals surface area contributed by atoms with Crippen molar-refractivity contribution in [1.82, 2.24) is 0 Å². The van der Waals surface area contributed by atoms with E-state index < -0.39 is 17.7 Å². The third-order valence-electron chi connectivity index (χ3n) is 2.30. The molecule has 0 rings (SSSR count). The molecule has 6 nitrogen and oxygen atoms in total. The molecule has 0 N–H and O–H groups in total. The highest BCUT2D eigenvalue weighted by atomic mass is 17.5. The Morgan fingerprint density at radius 3 is 2.26 bits per heavy atom. The standard InChI is InChI=1S/C13H24O6/c1-6-8-9-10(7-2)11(14)16-12(15)17-19-18-13(3,4)5/h10H,6-9H2,1-5H3. The first-order chi connectivity index (χ1) is 8.80. The first-order valence-corrected chi connectivity index (χ1v) is 6.58. The normalized spacial score (nSPS) is 12.9. The second-order valence-corrected chi connectivity index (χ2v) is 5.27. The highest BCUT2D eigenvalue weighted by Crippen LogP contribution is 2.15. The third-order valence-corrected chi connectivity index (χ3v) is 2.30. The maximum Gasteiger partial charge on any atom is 0.550 e. The summed E-state index contributed by atoms with van der Waals surface area (Å²) in [6.07, 6.45) is 1.98. The van der Waals surface area contributed by atoms with E-state index >= 15 is 0 Å². The molecule has 1 unspecified atom stereocenters. The predicted octanol–water partition coefficient (Wildman–Crippen LogP) is 3.54. The van der Waals surface area contributed by atoms with Crippen LogP contribution in [0.2, 0.25) is 0 Å². The summed E-state index contributed by atoms with van der Waals surface area (Å²) in [6, 6.07) is 0. The first kappa shape index (κ1) is 17.9. The Balaban J connectivity index is 3.99. The first-order valence-electron chi connectivity index (χ1n) is 6.58. The summed E-state index contributed by atoms with van der Waals surface area (Å²) < 4.78 is 4.51. The van der Waals surface area contributed by atoms with Gasteiger partial charge < -0.3 is 4.74 Å². The molecule has 0 aromatic heterocycles. The number of carbonyl (C=O) groups excluding carboxylic acids is 2. The Morgan fingerprint density at radius 2 is 1.79 bits per heavy atom. The summed E-state index contributed by atoms with van der Waals surface area (Å²) in [5.74, 6) is -0.892. The van der Waals surface area contributed by atoms with Gasteiger partial charge in [-0.25, -0.2) is 9.68 Å². The summed E-state index contributed by atoms with van der Waals surface area (Å²) in [4.78, 5) is 31.7. The van der Waals surface area contributed by atoms with Crippen molar-refractivity contribution in [3.63, 3.8) is 0 Å².